The molecule has 0 bridgehead atoms. The summed E-state index contributed by atoms with van der Waals surface area (Å²) in [6.45, 7) is 4.43. The average molecular weight is 537 g/mol. The summed E-state index contributed by atoms with van der Waals surface area (Å²) in [7, 11) is -2.66. The van der Waals surface area contributed by atoms with E-state index < -0.39 is 16.0 Å². The van der Waals surface area contributed by atoms with Gasteiger partial charge in [-0.05, 0) is 55.7 Å². The molecular formula is C24H25ClN2O6S2. The first-order valence-corrected chi connectivity index (χ1v) is 13.6. The van der Waals surface area contributed by atoms with Crippen LogP contribution in [-0.2, 0) is 26.1 Å². The first-order chi connectivity index (χ1) is 16.7. The molecular weight excluding hydrogens is 512 g/mol. The van der Waals surface area contributed by atoms with Crippen LogP contribution in [0.4, 0.5) is 5.69 Å². The van der Waals surface area contributed by atoms with Crippen LogP contribution in [-0.4, -0.2) is 45.7 Å². The molecule has 1 unspecified atom stereocenters. The van der Waals surface area contributed by atoms with Crippen molar-refractivity contribution in [1.29, 1.82) is 0 Å². The van der Waals surface area contributed by atoms with Crippen molar-refractivity contribution in [3.05, 3.63) is 69.2 Å². The summed E-state index contributed by atoms with van der Waals surface area (Å²) in [5.74, 6) is -0.0651. The third-order valence-electron chi connectivity index (χ3n) is 5.55. The first-order valence-electron chi connectivity index (χ1n) is 10.9. The molecule has 3 aromatic rings. The summed E-state index contributed by atoms with van der Waals surface area (Å²) in [6, 6.07) is 10.1. The van der Waals surface area contributed by atoms with Crippen molar-refractivity contribution in [3.63, 3.8) is 0 Å². The van der Waals surface area contributed by atoms with Crippen molar-refractivity contribution in [2.45, 2.75) is 37.3 Å². The molecule has 1 atom stereocenters. The number of anilines is 1. The Labute approximate surface area is 213 Å². The SMILES string of the molecule is COC(=O)c1ccc(COc2cc(C)c(Cl)cc2N(CC2CCO2)S(=O)(=O)c2nc(C)cs2)cc1. The van der Waals surface area contributed by atoms with E-state index >= 15 is 0 Å². The third-order valence-corrected chi connectivity index (χ3v) is 9.09. The largest absolute Gasteiger partial charge is 0.487 e. The maximum Gasteiger partial charge on any atom is 0.337 e. The van der Waals surface area contributed by atoms with Gasteiger partial charge in [0.25, 0.3) is 10.0 Å². The molecule has 0 saturated carbocycles. The van der Waals surface area contributed by atoms with Crippen molar-refractivity contribution in [2.24, 2.45) is 0 Å². The number of hydrogen-bond acceptors (Lipinski definition) is 8. The molecule has 1 aliphatic rings. The minimum Gasteiger partial charge on any atom is -0.487 e. The lowest BCUT2D eigenvalue weighted by Crippen LogP contribution is -2.43. The number of esters is 1. The van der Waals surface area contributed by atoms with Gasteiger partial charge >= 0.3 is 5.97 Å². The highest BCUT2D eigenvalue weighted by Crippen LogP contribution is 2.38. The second-order valence-electron chi connectivity index (χ2n) is 8.12. The molecule has 1 aromatic heterocycles. The minimum absolute atomic E-state index is 0.00429. The van der Waals surface area contributed by atoms with Gasteiger partial charge in [-0.25, -0.2) is 9.78 Å². The molecule has 35 heavy (non-hydrogen) atoms. The summed E-state index contributed by atoms with van der Waals surface area (Å²) >= 11 is 7.50. The van der Waals surface area contributed by atoms with Crippen molar-refractivity contribution in [3.8, 4) is 5.75 Å². The Balaban J connectivity index is 1.68. The van der Waals surface area contributed by atoms with Crippen molar-refractivity contribution in [1.82, 2.24) is 4.98 Å². The van der Waals surface area contributed by atoms with Gasteiger partial charge in [-0.3, -0.25) is 4.31 Å². The van der Waals surface area contributed by atoms with E-state index in [-0.39, 0.29) is 23.6 Å². The highest BCUT2D eigenvalue weighted by Gasteiger charge is 2.34. The molecule has 1 fully saturated rings. The second-order valence-corrected chi connectivity index (χ2v) is 11.4. The number of carbonyl (C=O) groups excluding carboxylic acids is 1. The van der Waals surface area contributed by atoms with Gasteiger partial charge in [0, 0.05) is 22.7 Å². The summed E-state index contributed by atoms with van der Waals surface area (Å²) in [4.78, 5) is 15.9. The fourth-order valence-electron chi connectivity index (χ4n) is 3.46. The predicted octanol–water partition coefficient (Wildman–Crippen LogP) is 4.76. The number of halogens is 1. The smallest absolute Gasteiger partial charge is 0.337 e. The number of thiazole rings is 1. The van der Waals surface area contributed by atoms with Crippen LogP contribution in [0.1, 0.15) is 33.6 Å². The van der Waals surface area contributed by atoms with E-state index in [0.717, 1.165) is 28.9 Å². The zero-order chi connectivity index (χ0) is 25.2. The quantitative estimate of drug-likeness (QED) is 0.364. The van der Waals surface area contributed by atoms with Crippen molar-refractivity contribution in [2.75, 3.05) is 24.6 Å². The second kappa shape index (κ2) is 10.5. The molecule has 1 saturated heterocycles. The highest BCUT2D eigenvalue weighted by atomic mass is 35.5. The number of ether oxygens (including phenoxy) is 3. The van der Waals surface area contributed by atoms with Crippen LogP contribution in [0.5, 0.6) is 5.75 Å². The summed E-state index contributed by atoms with van der Waals surface area (Å²) in [5, 5.41) is 2.11. The minimum atomic E-state index is -3.99. The average Bonchev–Trinajstić information content (AvgIpc) is 3.26. The maximum absolute atomic E-state index is 13.7. The predicted molar refractivity (Wildman–Crippen MR) is 134 cm³/mol. The number of sulfonamides is 1. The highest BCUT2D eigenvalue weighted by molar-refractivity contribution is 7.94. The van der Waals surface area contributed by atoms with Gasteiger partial charge in [0.1, 0.15) is 12.4 Å². The first kappa shape index (κ1) is 25.4. The van der Waals surface area contributed by atoms with Crippen LogP contribution in [0.2, 0.25) is 5.02 Å². The molecule has 0 aliphatic carbocycles. The maximum atomic E-state index is 13.7. The lowest BCUT2D eigenvalue weighted by Gasteiger charge is -2.33. The number of aromatic nitrogens is 1. The number of methoxy groups -OCH3 is 1. The Hall–Kier alpha value is -2.66. The number of rotatable bonds is 9. The van der Waals surface area contributed by atoms with E-state index in [0.29, 0.717) is 34.3 Å². The van der Waals surface area contributed by atoms with Gasteiger partial charge in [-0.2, -0.15) is 8.42 Å². The fourth-order valence-corrected chi connectivity index (χ4v) is 6.25. The summed E-state index contributed by atoms with van der Waals surface area (Å²) < 4.78 is 44.9. The molecule has 2 heterocycles. The molecule has 0 amide bonds. The van der Waals surface area contributed by atoms with E-state index in [9.17, 15) is 13.2 Å². The van der Waals surface area contributed by atoms with E-state index in [2.05, 4.69) is 4.98 Å². The zero-order valence-electron chi connectivity index (χ0n) is 19.5. The Morgan fingerprint density at radius 3 is 2.54 bits per heavy atom. The van der Waals surface area contributed by atoms with Crippen molar-refractivity contribution < 1.29 is 27.4 Å². The molecule has 0 N–H and O–H groups in total. The van der Waals surface area contributed by atoms with Crippen molar-refractivity contribution >= 4 is 44.6 Å². The Bertz CT molecular complexity index is 1320. The number of aryl methyl sites for hydroxylation is 2. The number of nitrogens with zero attached hydrogens (tertiary/aromatic N) is 2. The molecule has 0 radical (unpaired) electrons. The van der Waals surface area contributed by atoms with E-state index in [1.165, 1.54) is 11.4 Å². The normalized spacial score (nSPS) is 15.4. The van der Waals surface area contributed by atoms with E-state index in [4.69, 9.17) is 25.8 Å². The molecule has 4 rings (SSSR count). The van der Waals surface area contributed by atoms with Gasteiger partial charge in [-0.15, -0.1) is 11.3 Å². The lowest BCUT2D eigenvalue weighted by atomic mass is 10.1. The fraction of sp³-hybridized carbons (Fsp3) is 0.333. The van der Waals surface area contributed by atoms with E-state index in [1.54, 1.807) is 48.7 Å². The van der Waals surface area contributed by atoms with Crippen LogP contribution in [0.15, 0.2) is 46.1 Å². The van der Waals surface area contributed by atoms with Crippen LogP contribution in [0.3, 0.4) is 0 Å². The van der Waals surface area contributed by atoms with Gasteiger partial charge in [0.15, 0.2) is 0 Å². The molecule has 0 spiro atoms. The van der Waals surface area contributed by atoms with Crippen LogP contribution in [0.25, 0.3) is 0 Å². The lowest BCUT2D eigenvalue weighted by molar-refractivity contribution is -0.0428. The number of benzene rings is 2. The zero-order valence-corrected chi connectivity index (χ0v) is 21.9. The topological polar surface area (TPSA) is 95.0 Å². The van der Waals surface area contributed by atoms with E-state index in [1.807, 2.05) is 6.92 Å². The van der Waals surface area contributed by atoms with Gasteiger partial charge < -0.3 is 14.2 Å². The van der Waals surface area contributed by atoms with Gasteiger partial charge in [0.2, 0.25) is 4.34 Å². The molecule has 1 aliphatic heterocycles. The Morgan fingerprint density at radius 2 is 1.97 bits per heavy atom. The third kappa shape index (κ3) is 5.61. The Morgan fingerprint density at radius 1 is 1.26 bits per heavy atom. The molecule has 11 heteroatoms. The standard InChI is InChI=1S/C24H25ClN2O6S2/c1-15-10-22(33-13-17-4-6-18(7-5-17)23(28)31-3)21(11-20(15)25)27(12-19-8-9-32-19)35(29,30)24-26-16(2)14-34-24/h4-7,10-11,14,19H,8-9,12-13H2,1-3H3. The number of carbonyl (C=O) groups is 1. The van der Waals surface area contributed by atoms with Gasteiger partial charge in [0.05, 0.1) is 31.0 Å². The van der Waals surface area contributed by atoms with Crippen LogP contribution in [0, 0.1) is 13.8 Å². The monoisotopic (exact) mass is 536 g/mol. The summed E-state index contributed by atoms with van der Waals surface area (Å²) in [5.41, 5.74) is 2.91. The molecule has 2 aromatic carbocycles. The summed E-state index contributed by atoms with van der Waals surface area (Å²) in [6.07, 6.45) is 0.523. The molecule has 8 nitrogen and oxygen atoms in total. The van der Waals surface area contributed by atoms with Crippen LogP contribution < -0.4 is 9.04 Å². The Kier molecular flexibility index (Phi) is 7.65. The van der Waals surface area contributed by atoms with Crippen LogP contribution >= 0.6 is 22.9 Å². The molecule has 186 valence electrons. The number of hydrogen-bond donors (Lipinski definition) is 0. The van der Waals surface area contributed by atoms with Gasteiger partial charge in [-0.1, -0.05) is 23.7 Å².